The number of amides is 1. The summed E-state index contributed by atoms with van der Waals surface area (Å²) in [7, 11) is 1.99. The lowest BCUT2D eigenvalue weighted by molar-refractivity contribution is -0.139. The molecule has 1 aliphatic carbocycles. The lowest BCUT2D eigenvalue weighted by atomic mass is 9.80. The third kappa shape index (κ3) is 2.33. The zero-order valence-electron chi connectivity index (χ0n) is 9.83. The Kier molecular flexibility index (Phi) is 3.29. The number of piperidine rings is 1. The van der Waals surface area contributed by atoms with Gasteiger partial charge in [-0.05, 0) is 44.7 Å². The van der Waals surface area contributed by atoms with Gasteiger partial charge in [0.2, 0.25) is 5.91 Å². The fraction of sp³-hybridized carbons (Fsp3) is 0.917. The molecule has 2 rings (SSSR count). The van der Waals surface area contributed by atoms with E-state index in [-0.39, 0.29) is 5.92 Å². The van der Waals surface area contributed by atoms with Crippen LogP contribution in [0, 0.1) is 11.8 Å². The molecule has 0 spiro atoms. The highest BCUT2D eigenvalue weighted by molar-refractivity contribution is 5.79. The first-order valence-corrected chi connectivity index (χ1v) is 6.16. The Morgan fingerprint density at radius 3 is 2.40 bits per heavy atom. The van der Waals surface area contributed by atoms with Crippen LogP contribution >= 0.6 is 0 Å². The summed E-state index contributed by atoms with van der Waals surface area (Å²) in [5.41, 5.74) is 0. The van der Waals surface area contributed by atoms with Gasteiger partial charge < -0.3 is 10.2 Å². The van der Waals surface area contributed by atoms with Gasteiger partial charge >= 0.3 is 0 Å². The molecule has 0 unspecified atom stereocenters. The summed E-state index contributed by atoms with van der Waals surface area (Å²) in [4.78, 5) is 14.1. The Bertz CT molecular complexity index is 230. The van der Waals surface area contributed by atoms with E-state index in [0.29, 0.717) is 11.9 Å². The number of hydrogen-bond donors (Lipinski definition) is 1. The number of carbonyl (C=O) groups is 1. The second-order valence-corrected chi connectivity index (χ2v) is 5.20. The average Bonchev–Trinajstić information content (AvgIpc) is 2.24. The molecule has 15 heavy (non-hydrogen) atoms. The molecule has 1 saturated heterocycles. The zero-order chi connectivity index (χ0) is 10.8. The van der Waals surface area contributed by atoms with Crippen molar-refractivity contribution in [2.24, 2.45) is 11.8 Å². The number of nitrogens with one attached hydrogen (secondary N) is 1. The zero-order valence-corrected chi connectivity index (χ0v) is 9.83. The molecule has 0 bridgehead atoms. The largest absolute Gasteiger partial charge is 0.343 e. The molecule has 1 saturated carbocycles. The van der Waals surface area contributed by atoms with Crippen LogP contribution in [0.2, 0.25) is 0 Å². The lowest BCUT2D eigenvalue weighted by Gasteiger charge is -2.41. The quantitative estimate of drug-likeness (QED) is 0.744. The minimum Gasteiger partial charge on any atom is -0.343 e. The first-order chi connectivity index (χ1) is 7.18. The Morgan fingerprint density at radius 2 is 1.87 bits per heavy atom. The van der Waals surface area contributed by atoms with Crippen molar-refractivity contribution in [2.75, 3.05) is 20.1 Å². The Balaban J connectivity index is 1.83. The van der Waals surface area contributed by atoms with Gasteiger partial charge in [0, 0.05) is 19.0 Å². The molecule has 0 radical (unpaired) electrons. The fourth-order valence-electron chi connectivity index (χ4n) is 2.71. The smallest absolute Gasteiger partial charge is 0.225 e. The van der Waals surface area contributed by atoms with Crippen LogP contribution in [-0.4, -0.2) is 37.0 Å². The molecule has 0 atom stereocenters. The van der Waals surface area contributed by atoms with Crippen molar-refractivity contribution in [3.05, 3.63) is 0 Å². The summed E-state index contributed by atoms with van der Waals surface area (Å²) >= 11 is 0. The predicted molar refractivity (Wildman–Crippen MR) is 60.5 cm³/mol. The minimum absolute atomic E-state index is 0.284. The van der Waals surface area contributed by atoms with Gasteiger partial charge in [-0.15, -0.1) is 0 Å². The number of hydrogen-bond acceptors (Lipinski definition) is 2. The van der Waals surface area contributed by atoms with Gasteiger partial charge in [-0.3, -0.25) is 4.79 Å². The van der Waals surface area contributed by atoms with Gasteiger partial charge in [-0.25, -0.2) is 0 Å². The standard InChI is InChI=1S/C12H22N2O/c1-9-7-11(8-9)14(2)12(15)10-3-5-13-6-4-10/h9-11,13H,3-8H2,1-2H3. The molecule has 3 nitrogen and oxygen atoms in total. The van der Waals surface area contributed by atoms with Crippen LogP contribution in [0.5, 0.6) is 0 Å². The van der Waals surface area contributed by atoms with Crippen LogP contribution in [0.3, 0.4) is 0 Å². The molecular weight excluding hydrogens is 188 g/mol. The van der Waals surface area contributed by atoms with Crippen LogP contribution < -0.4 is 5.32 Å². The SMILES string of the molecule is CC1CC(N(C)C(=O)C2CCNCC2)C1. The van der Waals surface area contributed by atoms with Crippen LogP contribution in [0.25, 0.3) is 0 Å². The van der Waals surface area contributed by atoms with Gasteiger partial charge in [-0.2, -0.15) is 0 Å². The normalized spacial score (nSPS) is 32.1. The molecule has 3 heteroatoms. The fourth-order valence-corrected chi connectivity index (χ4v) is 2.71. The highest BCUT2D eigenvalue weighted by atomic mass is 16.2. The highest BCUT2D eigenvalue weighted by Gasteiger charge is 2.34. The van der Waals surface area contributed by atoms with Crippen molar-refractivity contribution in [3.8, 4) is 0 Å². The van der Waals surface area contributed by atoms with Crippen LogP contribution in [0.1, 0.15) is 32.6 Å². The number of rotatable bonds is 2. The minimum atomic E-state index is 0.284. The monoisotopic (exact) mass is 210 g/mol. The van der Waals surface area contributed by atoms with E-state index in [2.05, 4.69) is 12.2 Å². The molecule has 0 aromatic carbocycles. The number of nitrogens with zero attached hydrogens (tertiary/aromatic N) is 1. The van der Waals surface area contributed by atoms with E-state index < -0.39 is 0 Å². The molecule has 1 aliphatic heterocycles. The molecule has 1 N–H and O–H groups in total. The van der Waals surface area contributed by atoms with E-state index in [1.165, 1.54) is 12.8 Å². The van der Waals surface area contributed by atoms with E-state index in [9.17, 15) is 4.79 Å². The van der Waals surface area contributed by atoms with Crippen LogP contribution in [-0.2, 0) is 4.79 Å². The molecule has 86 valence electrons. The van der Waals surface area contributed by atoms with E-state index in [4.69, 9.17) is 0 Å². The summed E-state index contributed by atoms with van der Waals surface area (Å²) < 4.78 is 0. The third-order valence-electron chi connectivity index (χ3n) is 3.93. The van der Waals surface area contributed by atoms with E-state index >= 15 is 0 Å². The molecule has 2 aliphatic rings. The summed E-state index contributed by atoms with van der Waals surface area (Å²) in [6, 6.07) is 0.530. The van der Waals surface area contributed by atoms with Gasteiger partial charge in [0.15, 0.2) is 0 Å². The van der Waals surface area contributed by atoms with Crippen molar-refractivity contribution < 1.29 is 4.79 Å². The first kappa shape index (κ1) is 10.9. The van der Waals surface area contributed by atoms with Gasteiger partial charge in [0.05, 0.1) is 0 Å². The third-order valence-corrected chi connectivity index (χ3v) is 3.93. The van der Waals surface area contributed by atoms with Crippen molar-refractivity contribution >= 4 is 5.91 Å². The molecule has 2 fully saturated rings. The van der Waals surface area contributed by atoms with Gasteiger partial charge in [0.1, 0.15) is 0 Å². The molecule has 1 heterocycles. The molecule has 1 amide bonds. The molecule has 0 aromatic heterocycles. The highest BCUT2D eigenvalue weighted by Crippen LogP contribution is 2.31. The number of carbonyl (C=O) groups excluding carboxylic acids is 1. The Morgan fingerprint density at radius 1 is 1.27 bits per heavy atom. The predicted octanol–water partition coefficient (Wildman–Crippen LogP) is 1.24. The van der Waals surface area contributed by atoms with Crippen molar-refractivity contribution in [1.29, 1.82) is 0 Å². The lowest BCUT2D eigenvalue weighted by Crippen LogP contribution is -2.48. The topological polar surface area (TPSA) is 32.3 Å². The average molecular weight is 210 g/mol. The Hall–Kier alpha value is -0.570. The van der Waals surface area contributed by atoms with Crippen molar-refractivity contribution in [1.82, 2.24) is 10.2 Å². The van der Waals surface area contributed by atoms with E-state index in [1.807, 2.05) is 11.9 Å². The molecular formula is C12H22N2O. The maximum atomic E-state index is 12.1. The van der Waals surface area contributed by atoms with Crippen molar-refractivity contribution in [2.45, 2.75) is 38.6 Å². The van der Waals surface area contributed by atoms with E-state index in [1.54, 1.807) is 0 Å². The maximum Gasteiger partial charge on any atom is 0.225 e. The van der Waals surface area contributed by atoms with Crippen molar-refractivity contribution in [3.63, 3.8) is 0 Å². The first-order valence-electron chi connectivity index (χ1n) is 6.16. The van der Waals surface area contributed by atoms with E-state index in [0.717, 1.165) is 31.8 Å². The second-order valence-electron chi connectivity index (χ2n) is 5.20. The second kappa shape index (κ2) is 4.52. The summed E-state index contributed by atoms with van der Waals surface area (Å²) in [6.07, 6.45) is 4.44. The molecule has 0 aromatic rings. The summed E-state index contributed by atoms with van der Waals surface area (Å²) in [5.74, 6) is 1.49. The van der Waals surface area contributed by atoms with Crippen LogP contribution in [0.4, 0.5) is 0 Å². The Labute approximate surface area is 92.2 Å². The van der Waals surface area contributed by atoms with Gasteiger partial charge in [0.25, 0.3) is 0 Å². The summed E-state index contributed by atoms with van der Waals surface area (Å²) in [5, 5.41) is 3.30. The maximum absolute atomic E-state index is 12.1. The van der Waals surface area contributed by atoms with Crippen LogP contribution in [0.15, 0.2) is 0 Å². The van der Waals surface area contributed by atoms with Gasteiger partial charge in [-0.1, -0.05) is 6.92 Å². The summed E-state index contributed by atoms with van der Waals surface area (Å²) in [6.45, 7) is 4.27.